The van der Waals surface area contributed by atoms with Gasteiger partial charge in [-0.25, -0.2) is 0 Å². The summed E-state index contributed by atoms with van der Waals surface area (Å²) in [7, 11) is 0. The lowest BCUT2D eigenvalue weighted by Gasteiger charge is -2.34. The fourth-order valence-electron chi connectivity index (χ4n) is 2.67. The number of aryl methyl sites for hydroxylation is 1. The van der Waals surface area contributed by atoms with Gasteiger partial charge in [-0.1, -0.05) is 29.3 Å². The van der Waals surface area contributed by atoms with E-state index in [0.717, 1.165) is 11.3 Å². The third-order valence-corrected chi connectivity index (χ3v) is 4.35. The molecule has 1 aliphatic heterocycles. The largest absolute Gasteiger partial charge is 0.506 e. The minimum absolute atomic E-state index is 0.0191. The second-order valence-electron chi connectivity index (χ2n) is 5.77. The Morgan fingerprint density at radius 3 is 2.46 bits per heavy atom. The highest BCUT2D eigenvalue weighted by molar-refractivity contribution is 6.32. The maximum atomic E-state index is 12.5. The van der Waals surface area contributed by atoms with E-state index in [4.69, 9.17) is 11.6 Å². The summed E-state index contributed by atoms with van der Waals surface area (Å²) in [6, 6.07) is 12.0. The van der Waals surface area contributed by atoms with Gasteiger partial charge in [0.2, 0.25) is 5.91 Å². The van der Waals surface area contributed by atoms with Gasteiger partial charge in [0.15, 0.2) is 0 Å². The summed E-state index contributed by atoms with van der Waals surface area (Å²) in [6.07, 6.45) is 0. The summed E-state index contributed by atoms with van der Waals surface area (Å²) in [5, 5.41) is 9.56. The monoisotopic (exact) mass is 344 g/mol. The number of hydrogen-bond donors (Lipinski definition) is 1. The van der Waals surface area contributed by atoms with Crippen molar-refractivity contribution >= 4 is 29.1 Å². The summed E-state index contributed by atoms with van der Waals surface area (Å²) in [5.74, 6) is -0.467. The number of anilines is 1. The molecule has 1 heterocycles. The summed E-state index contributed by atoms with van der Waals surface area (Å²) in [6.45, 7) is 2.90. The van der Waals surface area contributed by atoms with Crippen LogP contribution in [0.4, 0.5) is 5.69 Å². The van der Waals surface area contributed by atoms with Crippen molar-refractivity contribution in [1.29, 1.82) is 0 Å². The van der Waals surface area contributed by atoms with E-state index in [1.807, 2.05) is 31.2 Å². The van der Waals surface area contributed by atoms with Crippen molar-refractivity contribution in [3.8, 4) is 5.75 Å². The van der Waals surface area contributed by atoms with Gasteiger partial charge in [-0.2, -0.15) is 0 Å². The van der Waals surface area contributed by atoms with E-state index in [-0.39, 0.29) is 29.1 Å². The van der Waals surface area contributed by atoms with Crippen LogP contribution in [0.2, 0.25) is 5.02 Å². The maximum Gasteiger partial charge on any atom is 0.254 e. The second-order valence-corrected chi connectivity index (χ2v) is 6.18. The molecule has 2 aromatic carbocycles. The average molecular weight is 345 g/mol. The van der Waals surface area contributed by atoms with Crippen molar-refractivity contribution in [2.24, 2.45) is 0 Å². The SMILES string of the molecule is Cc1ccc(N2CCN(C(=O)c3ccc(O)c(Cl)c3)CC2=O)cc1. The van der Waals surface area contributed by atoms with E-state index >= 15 is 0 Å². The molecule has 1 aliphatic rings. The summed E-state index contributed by atoms with van der Waals surface area (Å²) < 4.78 is 0. The van der Waals surface area contributed by atoms with Gasteiger partial charge in [-0.05, 0) is 37.3 Å². The van der Waals surface area contributed by atoms with E-state index in [1.54, 1.807) is 4.90 Å². The molecule has 2 amide bonds. The quantitative estimate of drug-likeness (QED) is 0.911. The van der Waals surface area contributed by atoms with E-state index in [2.05, 4.69) is 0 Å². The molecule has 0 unspecified atom stereocenters. The highest BCUT2D eigenvalue weighted by Gasteiger charge is 2.28. The van der Waals surface area contributed by atoms with Crippen LogP contribution in [0.5, 0.6) is 5.75 Å². The van der Waals surface area contributed by atoms with Gasteiger partial charge in [-0.15, -0.1) is 0 Å². The van der Waals surface area contributed by atoms with E-state index < -0.39 is 0 Å². The molecular formula is C18H17ClN2O3. The molecule has 2 aromatic rings. The number of rotatable bonds is 2. The smallest absolute Gasteiger partial charge is 0.254 e. The van der Waals surface area contributed by atoms with E-state index in [0.29, 0.717) is 18.7 Å². The number of piperazine rings is 1. The van der Waals surface area contributed by atoms with Gasteiger partial charge in [0.05, 0.1) is 5.02 Å². The third kappa shape index (κ3) is 3.21. The Hall–Kier alpha value is -2.53. The Morgan fingerprint density at radius 1 is 1.12 bits per heavy atom. The molecule has 0 radical (unpaired) electrons. The Morgan fingerprint density at radius 2 is 1.83 bits per heavy atom. The lowest BCUT2D eigenvalue weighted by molar-refractivity contribution is -0.120. The van der Waals surface area contributed by atoms with Gasteiger partial charge < -0.3 is 14.9 Å². The van der Waals surface area contributed by atoms with E-state index in [9.17, 15) is 14.7 Å². The molecule has 0 aliphatic carbocycles. The number of nitrogens with zero attached hydrogens (tertiary/aromatic N) is 2. The topological polar surface area (TPSA) is 60.9 Å². The number of carbonyl (C=O) groups is 2. The highest BCUT2D eigenvalue weighted by Crippen LogP contribution is 2.25. The molecule has 3 rings (SSSR count). The summed E-state index contributed by atoms with van der Waals surface area (Å²) in [4.78, 5) is 28.1. The molecule has 24 heavy (non-hydrogen) atoms. The van der Waals surface area contributed by atoms with Crippen molar-refractivity contribution in [3.63, 3.8) is 0 Å². The zero-order valence-electron chi connectivity index (χ0n) is 13.2. The molecule has 1 saturated heterocycles. The Balaban J connectivity index is 1.72. The van der Waals surface area contributed by atoms with Gasteiger partial charge in [0, 0.05) is 24.3 Å². The zero-order chi connectivity index (χ0) is 17.3. The molecular weight excluding hydrogens is 328 g/mol. The molecule has 0 spiro atoms. The van der Waals surface area contributed by atoms with Crippen LogP contribution in [0.3, 0.4) is 0 Å². The number of aromatic hydroxyl groups is 1. The first-order valence-electron chi connectivity index (χ1n) is 7.60. The van der Waals surface area contributed by atoms with Crippen LogP contribution in [0.15, 0.2) is 42.5 Å². The number of hydrogen-bond acceptors (Lipinski definition) is 3. The number of benzene rings is 2. The fraction of sp³-hybridized carbons (Fsp3) is 0.222. The summed E-state index contributed by atoms with van der Waals surface area (Å²) >= 11 is 5.85. The molecule has 0 aromatic heterocycles. The van der Waals surface area contributed by atoms with E-state index in [1.165, 1.54) is 23.1 Å². The molecule has 0 atom stereocenters. The number of halogens is 1. The van der Waals surface area contributed by atoms with Crippen LogP contribution in [0.1, 0.15) is 15.9 Å². The van der Waals surface area contributed by atoms with Crippen molar-refractivity contribution in [3.05, 3.63) is 58.6 Å². The molecule has 0 saturated carbocycles. The number of phenolic OH excluding ortho intramolecular Hbond substituents is 1. The van der Waals surface area contributed by atoms with Crippen LogP contribution in [-0.4, -0.2) is 41.5 Å². The average Bonchev–Trinajstić information content (AvgIpc) is 2.57. The number of amides is 2. The third-order valence-electron chi connectivity index (χ3n) is 4.05. The first kappa shape index (κ1) is 16.3. The standard InChI is InChI=1S/C18H17ClN2O3/c1-12-2-5-14(6-3-12)21-9-8-20(11-17(21)23)18(24)13-4-7-16(22)15(19)10-13/h2-7,10,22H,8-9,11H2,1H3. The predicted octanol–water partition coefficient (Wildman–Crippen LogP) is 2.84. The lowest BCUT2D eigenvalue weighted by Crippen LogP contribution is -2.52. The van der Waals surface area contributed by atoms with Crippen molar-refractivity contribution in [2.75, 3.05) is 24.5 Å². The van der Waals surface area contributed by atoms with Crippen LogP contribution in [0, 0.1) is 6.92 Å². The predicted molar refractivity (Wildman–Crippen MR) is 92.6 cm³/mol. The minimum atomic E-state index is -0.270. The van der Waals surface area contributed by atoms with Gasteiger partial charge in [0.25, 0.3) is 5.91 Å². The van der Waals surface area contributed by atoms with Crippen LogP contribution in [-0.2, 0) is 4.79 Å². The Labute approximate surface area is 145 Å². The molecule has 6 heteroatoms. The van der Waals surface area contributed by atoms with Crippen LogP contribution in [0.25, 0.3) is 0 Å². The Bertz CT molecular complexity index is 789. The number of carbonyl (C=O) groups excluding carboxylic acids is 2. The van der Waals surface area contributed by atoms with Crippen molar-refractivity contribution < 1.29 is 14.7 Å². The summed E-state index contributed by atoms with van der Waals surface area (Å²) in [5.41, 5.74) is 2.32. The first-order valence-corrected chi connectivity index (χ1v) is 7.98. The Kier molecular flexibility index (Phi) is 4.44. The highest BCUT2D eigenvalue weighted by atomic mass is 35.5. The van der Waals surface area contributed by atoms with Gasteiger partial charge >= 0.3 is 0 Å². The maximum absolute atomic E-state index is 12.5. The second kappa shape index (κ2) is 6.53. The lowest BCUT2D eigenvalue weighted by atomic mass is 10.1. The zero-order valence-corrected chi connectivity index (χ0v) is 14.0. The van der Waals surface area contributed by atoms with Crippen molar-refractivity contribution in [2.45, 2.75) is 6.92 Å². The first-order chi connectivity index (χ1) is 11.5. The van der Waals surface area contributed by atoms with Crippen molar-refractivity contribution in [1.82, 2.24) is 4.90 Å². The molecule has 1 N–H and O–H groups in total. The normalized spacial score (nSPS) is 14.8. The van der Waals surface area contributed by atoms with Gasteiger partial charge in [0.1, 0.15) is 12.3 Å². The minimum Gasteiger partial charge on any atom is -0.506 e. The fourth-order valence-corrected chi connectivity index (χ4v) is 2.85. The van der Waals surface area contributed by atoms with Crippen LogP contribution >= 0.6 is 11.6 Å². The molecule has 124 valence electrons. The molecule has 1 fully saturated rings. The van der Waals surface area contributed by atoms with Crippen LogP contribution < -0.4 is 4.90 Å². The molecule has 5 nitrogen and oxygen atoms in total. The van der Waals surface area contributed by atoms with Gasteiger partial charge in [-0.3, -0.25) is 9.59 Å². The molecule has 0 bridgehead atoms. The number of phenols is 1.